The summed E-state index contributed by atoms with van der Waals surface area (Å²) in [5.74, 6) is -0.950. The summed E-state index contributed by atoms with van der Waals surface area (Å²) in [6.45, 7) is 0.321. The summed E-state index contributed by atoms with van der Waals surface area (Å²) in [7, 11) is 0. The molecule has 0 aliphatic carbocycles. The molecule has 0 saturated heterocycles. The highest BCUT2D eigenvalue weighted by atomic mass is 32.1. The molecule has 0 unspecified atom stereocenters. The Bertz CT molecular complexity index is 497. The number of carbonyl (C=O) groups excluding carboxylic acids is 3. The summed E-state index contributed by atoms with van der Waals surface area (Å²) >= 11 is 11.9. The average molecular weight is 391 g/mol. The second kappa shape index (κ2) is 11.3. The molecule has 0 bridgehead atoms. The standard InChI is InChI=1S/C15H18O6S3/c16-13(19-1-4-22)10-7-11(14(17)20-2-5-23)9-12(8-10)15(18)21-3-6-24/h7-9,22-24H,1-6H2. The van der Waals surface area contributed by atoms with Gasteiger partial charge >= 0.3 is 17.9 Å². The predicted molar refractivity (Wildman–Crippen MR) is 98.8 cm³/mol. The largest absolute Gasteiger partial charge is 0.461 e. The van der Waals surface area contributed by atoms with Gasteiger partial charge in [0, 0.05) is 17.3 Å². The minimum absolute atomic E-state index is 0.0509. The molecule has 132 valence electrons. The Morgan fingerprint density at radius 1 is 0.625 bits per heavy atom. The van der Waals surface area contributed by atoms with E-state index in [1.165, 1.54) is 18.2 Å². The fourth-order valence-electron chi connectivity index (χ4n) is 1.65. The van der Waals surface area contributed by atoms with Crippen LogP contribution in [-0.2, 0) is 14.2 Å². The van der Waals surface area contributed by atoms with E-state index >= 15 is 0 Å². The summed E-state index contributed by atoms with van der Waals surface area (Å²) in [5.41, 5.74) is 0.153. The highest BCUT2D eigenvalue weighted by Crippen LogP contribution is 2.15. The Morgan fingerprint density at radius 2 is 0.875 bits per heavy atom. The van der Waals surface area contributed by atoms with Crippen molar-refractivity contribution in [1.82, 2.24) is 0 Å². The number of ether oxygens (including phenoxy) is 3. The molecule has 0 aromatic heterocycles. The number of thiol groups is 3. The summed E-state index contributed by atoms with van der Waals surface area (Å²) in [5, 5.41) is 0. The molecule has 0 amide bonds. The number of rotatable bonds is 9. The van der Waals surface area contributed by atoms with Crippen LogP contribution in [0.4, 0.5) is 0 Å². The minimum atomic E-state index is -0.670. The van der Waals surface area contributed by atoms with Gasteiger partial charge in [0.2, 0.25) is 0 Å². The van der Waals surface area contributed by atoms with Crippen LogP contribution in [-0.4, -0.2) is 55.0 Å². The zero-order valence-electron chi connectivity index (χ0n) is 12.8. The first-order chi connectivity index (χ1) is 11.5. The van der Waals surface area contributed by atoms with Gasteiger partial charge in [-0.3, -0.25) is 0 Å². The molecule has 0 saturated carbocycles. The third-order valence-electron chi connectivity index (χ3n) is 2.61. The average Bonchev–Trinajstić information content (AvgIpc) is 2.61. The fraction of sp³-hybridized carbons (Fsp3) is 0.400. The van der Waals surface area contributed by atoms with Crippen molar-refractivity contribution < 1.29 is 28.6 Å². The summed E-state index contributed by atoms with van der Waals surface area (Å²) in [6, 6.07) is 3.91. The lowest BCUT2D eigenvalue weighted by Crippen LogP contribution is -2.15. The molecular weight excluding hydrogens is 372 g/mol. The molecule has 0 aliphatic rings. The van der Waals surface area contributed by atoms with Crippen molar-refractivity contribution in [3.8, 4) is 0 Å². The Kier molecular flexibility index (Phi) is 9.73. The van der Waals surface area contributed by atoms with Crippen LogP contribution in [0.25, 0.3) is 0 Å². The second-order valence-electron chi connectivity index (χ2n) is 4.38. The van der Waals surface area contributed by atoms with Gasteiger partial charge in [0.15, 0.2) is 0 Å². The van der Waals surface area contributed by atoms with E-state index in [9.17, 15) is 14.4 Å². The Morgan fingerprint density at radius 3 is 1.08 bits per heavy atom. The molecule has 9 heteroatoms. The van der Waals surface area contributed by atoms with Gasteiger partial charge < -0.3 is 14.2 Å². The maximum Gasteiger partial charge on any atom is 0.338 e. The summed E-state index contributed by atoms with van der Waals surface area (Å²) in [6.07, 6.45) is 0. The van der Waals surface area contributed by atoms with Crippen molar-refractivity contribution in [2.75, 3.05) is 37.1 Å². The zero-order valence-corrected chi connectivity index (χ0v) is 15.4. The van der Waals surface area contributed by atoms with E-state index in [1.807, 2.05) is 0 Å². The Labute approximate surface area is 156 Å². The van der Waals surface area contributed by atoms with Crippen LogP contribution in [0.1, 0.15) is 31.1 Å². The van der Waals surface area contributed by atoms with Gasteiger partial charge in [-0.05, 0) is 18.2 Å². The van der Waals surface area contributed by atoms with Crippen molar-refractivity contribution in [1.29, 1.82) is 0 Å². The Hall–Kier alpha value is -1.32. The molecule has 0 fully saturated rings. The van der Waals surface area contributed by atoms with E-state index in [4.69, 9.17) is 14.2 Å². The number of hydrogen-bond acceptors (Lipinski definition) is 9. The first kappa shape index (κ1) is 20.7. The normalized spacial score (nSPS) is 10.1. The van der Waals surface area contributed by atoms with Crippen LogP contribution < -0.4 is 0 Å². The third kappa shape index (κ3) is 6.66. The minimum Gasteiger partial charge on any atom is -0.461 e. The lowest BCUT2D eigenvalue weighted by molar-refractivity contribution is 0.0528. The van der Waals surface area contributed by atoms with Gasteiger partial charge in [0.1, 0.15) is 19.8 Å². The first-order valence-corrected chi connectivity index (χ1v) is 8.92. The highest BCUT2D eigenvalue weighted by molar-refractivity contribution is 7.80. The monoisotopic (exact) mass is 390 g/mol. The van der Waals surface area contributed by atoms with Crippen LogP contribution >= 0.6 is 37.9 Å². The fourth-order valence-corrected chi connectivity index (χ4v) is 1.92. The van der Waals surface area contributed by atoms with E-state index in [0.717, 1.165) is 0 Å². The molecule has 0 aliphatic heterocycles. The maximum absolute atomic E-state index is 12.0. The number of benzene rings is 1. The van der Waals surface area contributed by atoms with Gasteiger partial charge in [-0.2, -0.15) is 37.9 Å². The number of hydrogen-bond donors (Lipinski definition) is 3. The molecule has 0 spiro atoms. The van der Waals surface area contributed by atoms with Crippen molar-refractivity contribution in [3.05, 3.63) is 34.9 Å². The van der Waals surface area contributed by atoms with Gasteiger partial charge in [-0.25, -0.2) is 14.4 Å². The van der Waals surface area contributed by atoms with E-state index < -0.39 is 17.9 Å². The number of esters is 3. The van der Waals surface area contributed by atoms with E-state index in [-0.39, 0.29) is 36.5 Å². The smallest absolute Gasteiger partial charge is 0.338 e. The zero-order chi connectivity index (χ0) is 17.9. The van der Waals surface area contributed by atoms with Crippen LogP contribution in [0, 0.1) is 0 Å². The first-order valence-electron chi connectivity index (χ1n) is 7.02. The summed E-state index contributed by atoms with van der Waals surface area (Å²) < 4.78 is 14.9. The summed E-state index contributed by atoms with van der Waals surface area (Å²) in [4.78, 5) is 36.0. The molecule has 24 heavy (non-hydrogen) atoms. The molecular formula is C15H18O6S3. The van der Waals surface area contributed by atoms with Crippen molar-refractivity contribution in [3.63, 3.8) is 0 Å². The quantitative estimate of drug-likeness (QED) is 0.340. The second-order valence-corrected chi connectivity index (χ2v) is 5.72. The van der Waals surface area contributed by atoms with E-state index in [1.54, 1.807) is 0 Å². The van der Waals surface area contributed by atoms with Crippen LogP contribution in [0.15, 0.2) is 18.2 Å². The SMILES string of the molecule is O=C(OCCS)c1cc(C(=O)OCCS)cc(C(=O)OCCS)c1. The van der Waals surface area contributed by atoms with Crippen LogP contribution in [0.5, 0.6) is 0 Å². The predicted octanol–water partition coefficient (Wildman–Crippen LogP) is 1.95. The molecule has 0 atom stereocenters. The third-order valence-corrected chi connectivity index (χ3v) is 3.16. The molecule has 0 heterocycles. The topological polar surface area (TPSA) is 78.9 Å². The molecule has 1 rings (SSSR count). The van der Waals surface area contributed by atoms with Gasteiger partial charge in [0.05, 0.1) is 16.7 Å². The lowest BCUT2D eigenvalue weighted by Gasteiger charge is -2.09. The van der Waals surface area contributed by atoms with Crippen LogP contribution in [0.2, 0.25) is 0 Å². The molecule has 6 nitrogen and oxygen atoms in total. The van der Waals surface area contributed by atoms with Crippen molar-refractivity contribution in [2.45, 2.75) is 0 Å². The van der Waals surface area contributed by atoms with Crippen molar-refractivity contribution in [2.24, 2.45) is 0 Å². The Balaban J connectivity index is 3.11. The number of carbonyl (C=O) groups is 3. The van der Waals surface area contributed by atoms with Gasteiger partial charge in [0.25, 0.3) is 0 Å². The van der Waals surface area contributed by atoms with E-state index in [0.29, 0.717) is 17.3 Å². The van der Waals surface area contributed by atoms with Crippen molar-refractivity contribution >= 4 is 55.8 Å². The van der Waals surface area contributed by atoms with Gasteiger partial charge in [-0.15, -0.1) is 0 Å². The van der Waals surface area contributed by atoms with Gasteiger partial charge in [-0.1, -0.05) is 0 Å². The highest BCUT2D eigenvalue weighted by Gasteiger charge is 2.18. The lowest BCUT2D eigenvalue weighted by atomic mass is 10.1. The molecule has 1 aromatic carbocycles. The molecule has 0 radical (unpaired) electrons. The van der Waals surface area contributed by atoms with E-state index in [2.05, 4.69) is 37.9 Å². The molecule has 0 N–H and O–H groups in total. The van der Waals surface area contributed by atoms with Crippen LogP contribution in [0.3, 0.4) is 0 Å². The maximum atomic E-state index is 12.0. The molecule has 1 aromatic rings.